The Hall–Kier alpha value is -3.30. The van der Waals surface area contributed by atoms with Gasteiger partial charge < -0.3 is 15.0 Å². The number of carbonyl (C=O) groups is 3. The molecule has 0 aliphatic carbocycles. The summed E-state index contributed by atoms with van der Waals surface area (Å²) in [7, 11) is 0. The molecule has 36 heavy (non-hydrogen) atoms. The molecule has 3 aliphatic rings. The normalized spacial score (nSPS) is 33.9. The number of amides is 3. The van der Waals surface area contributed by atoms with Gasteiger partial charge in [0.15, 0.2) is 0 Å². The van der Waals surface area contributed by atoms with Gasteiger partial charge in [-0.15, -0.1) is 0 Å². The third-order valence-corrected chi connectivity index (χ3v) is 6.43. The van der Waals surface area contributed by atoms with Gasteiger partial charge in [0.2, 0.25) is 11.8 Å². The third kappa shape index (κ3) is 4.85. The van der Waals surface area contributed by atoms with Crippen molar-refractivity contribution in [2.75, 3.05) is 18.3 Å². The van der Waals surface area contributed by atoms with Gasteiger partial charge in [0.05, 0.1) is 14.9 Å². The SMILES string of the molecule is [2H]C1(C)OC([2H])(C)C([2H])([2H])N(Cc2cccc(CNc3cccc4c3CN(C3CCC(=O)NC3=O)C4=O)c2F)C1([2H])[2H]. The predicted molar refractivity (Wildman–Crippen MR) is 131 cm³/mol. The number of carbonyl (C=O) groups excluding carboxylic acids is 3. The van der Waals surface area contributed by atoms with Crippen molar-refractivity contribution in [1.29, 1.82) is 0 Å². The topological polar surface area (TPSA) is 91.0 Å². The molecule has 2 aromatic carbocycles. The number of halogens is 1. The van der Waals surface area contributed by atoms with Crippen molar-refractivity contribution in [3.8, 4) is 0 Å². The summed E-state index contributed by atoms with van der Waals surface area (Å²) in [4.78, 5) is 39.1. The Morgan fingerprint density at radius 3 is 2.61 bits per heavy atom. The first-order valence-electron chi connectivity index (χ1n) is 14.7. The lowest BCUT2D eigenvalue weighted by Gasteiger charge is -2.35. The number of ether oxygens (including phenoxy) is 1. The number of anilines is 1. The summed E-state index contributed by atoms with van der Waals surface area (Å²) in [5.41, 5.74) is 1.73. The quantitative estimate of drug-likeness (QED) is 0.593. The molecule has 9 heteroatoms. The van der Waals surface area contributed by atoms with E-state index in [4.69, 9.17) is 13.0 Å². The molecule has 0 spiro atoms. The first kappa shape index (κ1) is 18.0. The summed E-state index contributed by atoms with van der Waals surface area (Å²) < 4.78 is 71.3. The van der Waals surface area contributed by atoms with Gasteiger partial charge >= 0.3 is 0 Å². The number of fused-ring (bicyclic) bond motifs is 1. The minimum absolute atomic E-state index is 0.0298. The molecular weight excluding hydrogens is 463 g/mol. The van der Waals surface area contributed by atoms with Crippen LogP contribution in [-0.4, -0.2) is 58.7 Å². The molecule has 3 heterocycles. The number of hydrogen-bond acceptors (Lipinski definition) is 6. The summed E-state index contributed by atoms with van der Waals surface area (Å²) >= 11 is 0. The Kier molecular flexibility index (Phi) is 5.00. The summed E-state index contributed by atoms with van der Waals surface area (Å²) in [6, 6.07) is 8.70. The standard InChI is InChI=1S/C27H31FN4O4/c1-16-12-31(13-17(2)36-16)14-19-6-3-5-18(25(19)28)11-29-22-8-4-7-20-21(22)15-32(27(20)35)23-9-10-24(33)30-26(23)34/h3-8,16-17,23,29H,9-15H2,1-2H3,(H,30,33,34)/i12D2,13D2,16D,17D. The van der Waals surface area contributed by atoms with E-state index in [2.05, 4.69) is 10.6 Å². The van der Waals surface area contributed by atoms with Crippen molar-refractivity contribution in [3.63, 3.8) is 0 Å². The smallest absolute Gasteiger partial charge is 0.255 e. The van der Waals surface area contributed by atoms with Crippen LogP contribution < -0.4 is 10.6 Å². The molecule has 3 unspecified atom stereocenters. The maximum Gasteiger partial charge on any atom is 0.255 e. The molecular formula is C27H31FN4O4. The van der Waals surface area contributed by atoms with Crippen LogP contribution in [0.15, 0.2) is 36.4 Å². The first-order valence-corrected chi connectivity index (χ1v) is 11.7. The molecule has 5 rings (SSSR count). The van der Waals surface area contributed by atoms with Crippen molar-refractivity contribution >= 4 is 23.4 Å². The zero-order chi connectivity index (χ0) is 30.8. The van der Waals surface area contributed by atoms with Crippen LogP contribution in [0.3, 0.4) is 0 Å². The van der Waals surface area contributed by atoms with Crippen molar-refractivity contribution in [1.82, 2.24) is 15.1 Å². The summed E-state index contributed by atoms with van der Waals surface area (Å²) in [5.74, 6) is -1.95. The monoisotopic (exact) mass is 500 g/mol. The van der Waals surface area contributed by atoms with Gasteiger partial charge in [-0.1, -0.05) is 24.3 Å². The fourth-order valence-electron chi connectivity index (χ4n) is 4.77. The summed E-state index contributed by atoms with van der Waals surface area (Å²) in [5, 5.41) is 5.41. The maximum atomic E-state index is 15.8. The van der Waals surface area contributed by atoms with Crippen LogP contribution in [0.1, 0.15) is 62.0 Å². The molecule has 2 saturated heterocycles. The summed E-state index contributed by atoms with van der Waals surface area (Å²) in [6.07, 6.45) is -4.26. The maximum absolute atomic E-state index is 15.8. The zero-order valence-electron chi connectivity index (χ0n) is 26.0. The van der Waals surface area contributed by atoms with E-state index in [1.165, 1.54) is 17.0 Å². The lowest BCUT2D eigenvalue weighted by Crippen LogP contribution is -2.52. The van der Waals surface area contributed by atoms with E-state index in [9.17, 15) is 14.4 Å². The fraction of sp³-hybridized carbons (Fsp3) is 0.444. The van der Waals surface area contributed by atoms with Crippen molar-refractivity contribution in [2.45, 2.75) is 64.5 Å². The fourth-order valence-corrected chi connectivity index (χ4v) is 4.77. The van der Waals surface area contributed by atoms with Crippen molar-refractivity contribution in [3.05, 3.63) is 64.5 Å². The Morgan fingerprint density at radius 2 is 1.86 bits per heavy atom. The van der Waals surface area contributed by atoms with Gasteiger partial charge in [-0.25, -0.2) is 4.39 Å². The van der Waals surface area contributed by atoms with Gasteiger partial charge in [-0.3, -0.25) is 24.6 Å². The zero-order valence-corrected chi connectivity index (χ0v) is 20.0. The molecule has 3 amide bonds. The van der Waals surface area contributed by atoms with Crippen LogP contribution in [0.4, 0.5) is 10.1 Å². The lowest BCUT2D eigenvalue weighted by atomic mass is 10.0. The predicted octanol–water partition coefficient (Wildman–Crippen LogP) is 2.81. The minimum atomic E-state index is -2.71. The number of benzene rings is 2. The van der Waals surface area contributed by atoms with Gasteiger partial charge in [-0.2, -0.15) is 0 Å². The van der Waals surface area contributed by atoms with Gasteiger partial charge in [0, 0.05) is 72.5 Å². The second-order valence-electron chi connectivity index (χ2n) is 9.00. The molecule has 0 aromatic heterocycles. The Balaban J connectivity index is 1.36. The highest BCUT2D eigenvalue weighted by Crippen LogP contribution is 2.32. The number of nitrogens with one attached hydrogen (secondary N) is 2. The highest BCUT2D eigenvalue weighted by molar-refractivity contribution is 6.06. The van der Waals surface area contributed by atoms with Gasteiger partial charge in [0.25, 0.3) is 5.91 Å². The number of piperidine rings is 1. The molecule has 0 radical (unpaired) electrons. The van der Waals surface area contributed by atoms with Crippen LogP contribution >= 0.6 is 0 Å². The number of imide groups is 1. The molecule has 2 aromatic rings. The van der Waals surface area contributed by atoms with E-state index in [1.54, 1.807) is 24.3 Å². The van der Waals surface area contributed by atoms with E-state index in [0.29, 0.717) is 21.7 Å². The molecule has 0 saturated carbocycles. The van der Waals surface area contributed by atoms with E-state index in [1.807, 2.05) is 0 Å². The van der Waals surface area contributed by atoms with E-state index in [0.717, 1.165) is 13.8 Å². The molecule has 0 bridgehead atoms. The number of hydrogen-bond donors (Lipinski definition) is 2. The van der Waals surface area contributed by atoms with Crippen LogP contribution in [-0.2, 0) is 34.0 Å². The minimum Gasteiger partial charge on any atom is -0.381 e. The molecule has 8 nitrogen and oxygen atoms in total. The number of morpholine rings is 1. The highest BCUT2D eigenvalue weighted by atomic mass is 19.1. The molecule has 2 N–H and O–H groups in total. The van der Waals surface area contributed by atoms with Crippen LogP contribution in [0, 0.1) is 5.82 Å². The highest BCUT2D eigenvalue weighted by Gasteiger charge is 2.39. The Morgan fingerprint density at radius 1 is 1.14 bits per heavy atom. The van der Waals surface area contributed by atoms with Crippen LogP contribution in [0.2, 0.25) is 0 Å². The molecule has 3 aliphatic heterocycles. The van der Waals surface area contributed by atoms with E-state index < -0.39 is 49.5 Å². The van der Waals surface area contributed by atoms with Crippen molar-refractivity contribution in [2.24, 2.45) is 0 Å². The lowest BCUT2D eigenvalue weighted by molar-refractivity contribution is -0.136. The Labute approximate surface area is 218 Å². The Bertz CT molecular complexity index is 1440. The third-order valence-electron chi connectivity index (χ3n) is 6.43. The average Bonchev–Trinajstić information content (AvgIpc) is 3.22. The van der Waals surface area contributed by atoms with Crippen LogP contribution in [0.25, 0.3) is 0 Å². The molecule has 3 atom stereocenters. The number of rotatable bonds is 6. The number of nitrogens with zero attached hydrogens (tertiary/aromatic N) is 2. The van der Waals surface area contributed by atoms with Crippen molar-refractivity contribution < 1.29 is 31.7 Å². The average molecular weight is 501 g/mol. The summed E-state index contributed by atoms with van der Waals surface area (Å²) in [6.45, 7) is -3.68. The second-order valence-corrected chi connectivity index (χ2v) is 9.00. The van der Waals surface area contributed by atoms with E-state index in [-0.39, 0.29) is 48.9 Å². The largest absolute Gasteiger partial charge is 0.381 e. The second kappa shape index (κ2) is 9.99. The van der Waals surface area contributed by atoms with Gasteiger partial charge in [0.1, 0.15) is 11.9 Å². The molecule has 190 valence electrons. The molecule has 2 fully saturated rings. The van der Waals surface area contributed by atoms with Gasteiger partial charge in [-0.05, 0) is 32.4 Å². The van der Waals surface area contributed by atoms with Crippen LogP contribution in [0.5, 0.6) is 0 Å². The first-order chi connectivity index (χ1) is 19.5. The van der Waals surface area contributed by atoms with E-state index >= 15 is 4.39 Å².